The minimum absolute atomic E-state index is 0.0000463. The van der Waals surface area contributed by atoms with Gasteiger partial charge in [-0.2, -0.15) is 0 Å². The smallest absolute Gasteiger partial charge is 0.253 e. The van der Waals surface area contributed by atoms with Crippen molar-refractivity contribution >= 4 is 11.7 Å². The molecule has 1 amide bonds. The first kappa shape index (κ1) is 17.4. The fraction of sp³-hybridized carbons (Fsp3) is 0.625. The molecule has 1 rings (SSSR count). The topological polar surface area (TPSA) is 71.2 Å². The number of amides is 1. The summed E-state index contributed by atoms with van der Waals surface area (Å²) in [5.74, 6) is 6.56. The summed E-state index contributed by atoms with van der Waals surface area (Å²) in [7, 11) is 1.83. The van der Waals surface area contributed by atoms with E-state index < -0.39 is 0 Å². The van der Waals surface area contributed by atoms with E-state index in [0.717, 1.165) is 18.7 Å². The van der Waals surface area contributed by atoms with Crippen LogP contribution in [0.5, 0.6) is 0 Å². The molecule has 1 heterocycles. The van der Waals surface area contributed by atoms with Gasteiger partial charge in [-0.15, -0.1) is 0 Å². The Kier molecular flexibility index (Phi) is 5.72. The van der Waals surface area contributed by atoms with E-state index in [1.807, 2.05) is 13.1 Å². The number of aromatic nitrogens is 1. The molecule has 0 aromatic carbocycles. The van der Waals surface area contributed by atoms with Gasteiger partial charge in [0.25, 0.3) is 5.91 Å². The van der Waals surface area contributed by atoms with E-state index in [9.17, 15) is 4.79 Å². The van der Waals surface area contributed by atoms with Crippen molar-refractivity contribution in [2.75, 3.05) is 19.0 Å². The molecule has 1 aromatic rings. The van der Waals surface area contributed by atoms with Gasteiger partial charge in [-0.1, -0.05) is 34.6 Å². The van der Waals surface area contributed by atoms with E-state index >= 15 is 0 Å². The molecular formula is C16H28N4O. The average molecular weight is 292 g/mol. The Morgan fingerprint density at radius 1 is 1.38 bits per heavy atom. The highest BCUT2D eigenvalue weighted by Crippen LogP contribution is 2.23. The number of rotatable bonds is 5. The lowest BCUT2D eigenvalue weighted by atomic mass is 9.90. The molecule has 0 spiro atoms. The van der Waals surface area contributed by atoms with Crippen molar-refractivity contribution in [3.8, 4) is 0 Å². The molecular weight excluding hydrogens is 264 g/mol. The van der Waals surface area contributed by atoms with E-state index in [2.05, 4.69) is 45.0 Å². The fourth-order valence-corrected chi connectivity index (χ4v) is 1.89. The summed E-state index contributed by atoms with van der Waals surface area (Å²) in [6, 6.07) is 3.55. The lowest BCUT2D eigenvalue weighted by Crippen LogP contribution is -2.29. The van der Waals surface area contributed by atoms with E-state index in [1.54, 1.807) is 11.0 Å². The van der Waals surface area contributed by atoms with Crippen molar-refractivity contribution in [3.05, 3.63) is 23.4 Å². The van der Waals surface area contributed by atoms with Gasteiger partial charge in [0.15, 0.2) is 0 Å². The maximum atomic E-state index is 12.5. The van der Waals surface area contributed by atoms with Crippen LogP contribution in [0.2, 0.25) is 0 Å². The predicted octanol–water partition coefficient (Wildman–Crippen LogP) is 2.78. The van der Waals surface area contributed by atoms with Gasteiger partial charge < -0.3 is 10.3 Å². The molecule has 0 aliphatic carbocycles. The quantitative estimate of drug-likeness (QED) is 0.646. The zero-order valence-electron chi connectivity index (χ0n) is 14.0. The number of nitrogens with two attached hydrogens (primary N) is 1. The summed E-state index contributed by atoms with van der Waals surface area (Å²) in [4.78, 5) is 18.7. The monoisotopic (exact) mass is 292 g/mol. The van der Waals surface area contributed by atoms with Crippen LogP contribution in [-0.2, 0) is 5.41 Å². The van der Waals surface area contributed by atoms with Crippen LogP contribution in [-0.4, -0.2) is 29.4 Å². The van der Waals surface area contributed by atoms with Gasteiger partial charge in [-0.25, -0.2) is 10.8 Å². The van der Waals surface area contributed by atoms with Gasteiger partial charge >= 0.3 is 0 Å². The first-order chi connectivity index (χ1) is 9.65. The summed E-state index contributed by atoms with van der Waals surface area (Å²) >= 11 is 0. The average Bonchev–Trinajstić information content (AvgIpc) is 2.42. The Bertz CT molecular complexity index is 492. The third-order valence-electron chi connectivity index (χ3n) is 3.38. The number of pyridine rings is 1. The Hall–Kier alpha value is -1.62. The molecule has 0 unspecified atom stereocenters. The Morgan fingerprint density at radius 2 is 2.00 bits per heavy atom. The second-order valence-electron chi connectivity index (χ2n) is 6.93. The minimum atomic E-state index is -0.140. The number of carbonyl (C=O) groups is 1. The van der Waals surface area contributed by atoms with Crippen molar-refractivity contribution in [1.29, 1.82) is 0 Å². The third-order valence-corrected chi connectivity index (χ3v) is 3.38. The predicted molar refractivity (Wildman–Crippen MR) is 87.2 cm³/mol. The van der Waals surface area contributed by atoms with Crippen molar-refractivity contribution in [2.24, 2.45) is 11.8 Å². The number of nitrogen functional groups attached to an aromatic ring is 1. The number of hydrogen-bond donors (Lipinski definition) is 2. The molecule has 0 radical (unpaired) electrons. The highest BCUT2D eigenvalue weighted by atomic mass is 16.2. The van der Waals surface area contributed by atoms with Crippen LogP contribution in [0.4, 0.5) is 5.82 Å². The summed E-state index contributed by atoms with van der Waals surface area (Å²) in [5, 5.41) is 0. The van der Waals surface area contributed by atoms with Gasteiger partial charge in [0.05, 0.1) is 0 Å². The van der Waals surface area contributed by atoms with Gasteiger partial charge in [-0.3, -0.25) is 4.79 Å². The van der Waals surface area contributed by atoms with Crippen LogP contribution in [0.3, 0.4) is 0 Å². The van der Waals surface area contributed by atoms with E-state index in [-0.39, 0.29) is 11.3 Å². The van der Waals surface area contributed by atoms with Crippen LogP contribution in [0.15, 0.2) is 12.1 Å². The lowest BCUT2D eigenvalue weighted by molar-refractivity contribution is 0.0789. The number of nitrogens with zero attached hydrogens (tertiary/aromatic N) is 2. The van der Waals surface area contributed by atoms with Crippen LogP contribution >= 0.6 is 0 Å². The first-order valence-electron chi connectivity index (χ1n) is 7.39. The molecule has 0 bridgehead atoms. The molecule has 118 valence electrons. The molecule has 3 N–H and O–H groups in total. The first-order valence-corrected chi connectivity index (χ1v) is 7.39. The molecule has 21 heavy (non-hydrogen) atoms. The molecule has 0 aliphatic heterocycles. The zero-order chi connectivity index (χ0) is 16.2. The number of anilines is 1. The SMILES string of the molecule is CC(C)CCN(C)C(=O)c1cc(NN)nc(C(C)(C)C)c1. The van der Waals surface area contributed by atoms with E-state index in [4.69, 9.17) is 5.84 Å². The standard InChI is InChI=1S/C16H28N4O/c1-11(2)7-8-20(6)15(21)12-9-13(16(3,4)5)18-14(10-12)19-17/h9-11H,7-8,17H2,1-6H3,(H,18,19). The summed E-state index contributed by atoms with van der Waals surface area (Å²) in [5.41, 5.74) is 3.87. The van der Waals surface area contributed by atoms with Crippen molar-refractivity contribution in [3.63, 3.8) is 0 Å². The highest BCUT2D eigenvalue weighted by molar-refractivity contribution is 5.94. The van der Waals surface area contributed by atoms with Crippen LogP contribution in [0.1, 0.15) is 57.1 Å². The number of hydrogen-bond acceptors (Lipinski definition) is 4. The normalized spacial score (nSPS) is 11.6. The third kappa shape index (κ3) is 5.01. The molecule has 5 heteroatoms. The van der Waals surface area contributed by atoms with Crippen molar-refractivity contribution in [2.45, 2.75) is 46.5 Å². The van der Waals surface area contributed by atoms with Crippen LogP contribution < -0.4 is 11.3 Å². The fourth-order valence-electron chi connectivity index (χ4n) is 1.89. The molecule has 5 nitrogen and oxygen atoms in total. The molecule has 0 saturated heterocycles. The number of nitrogens with one attached hydrogen (secondary N) is 1. The molecule has 0 fully saturated rings. The second kappa shape index (κ2) is 6.89. The molecule has 1 aromatic heterocycles. The van der Waals surface area contributed by atoms with Gasteiger partial charge in [-0.05, 0) is 24.5 Å². The maximum absolute atomic E-state index is 12.5. The van der Waals surface area contributed by atoms with Crippen molar-refractivity contribution in [1.82, 2.24) is 9.88 Å². The molecule has 0 aliphatic rings. The highest BCUT2D eigenvalue weighted by Gasteiger charge is 2.20. The van der Waals surface area contributed by atoms with E-state index in [1.165, 1.54) is 0 Å². The van der Waals surface area contributed by atoms with Crippen molar-refractivity contribution < 1.29 is 4.79 Å². The van der Waals surface area contributed by atoms with Gasteiger partial charge in [0.1, 0.15) is 5.82 Å². The number of carbonyl (C=O) groups excluding carboxylic acids is 1. The van der Waals surface area contributed by atoms with Crippen LogP contribution in [0.25, 0.3) is 0 Å². The van der Waals surface area contributed by atoms with Crippen LogP contribution in [0, 0.1) is 5.92 Å². The second-order valence-corrected chi connectivity index (χ2v) is 6.93. The lowest BCUT2D eigenvalue weighted by Gasteiger charge is -2.22. The Morgan fingerprint density at radius 3 is 2.48 bits per heavy atom. The number of hydrazine groups is 1. The largest absolute Gasteiger partial charge is 0.342 e. The minimum Gasteiger partial charge on any atom is -0.342 e. The molecule has 0 atom stereocenters. The maximum Gasteiger partial charge on any atom is 0.253 e. The van der Waals surface area contributed by atoms with Gasteiger partial charge in [0, 0.05) is 30.3 Å². The zero-order valence-corrected chi connectivity index (χ0v) is 14.0. The molecule has 0 saturated carbocycles. The summed E-state index contributed by atoms with van der Waals surface area (Å²) < 4.78 is 0. The summed E-state index contributed by atoms with van der Waals surface area (Å²) in [6.45, 7) is 11.2. The Labute approximate surface area is 127 Å². The Balaban J connectivity index is 3.03. The van der Waals surface area contributed by atoms with Gasteiger partial charge in [0.2, 0.25) is 0 Å². The van der Waals surface area contributed by atoms with E-state index in [0.29, 0.717) is 17.3 Å². The summed E-state index contributed by atoms with van der Waals surface area (Å²) in [6.07, 6.45) is 0.988.